The van der Waals surface area contributed by atoms with Gasteiger partial charge in [0.05, 0.1) is 4.34 Å². The van der Waals surface area contributed by atoms with Crippen LogP contribution in [0.3, 0.4) is 0 Å². The lowest BCUT2D eigenvalue weighted by Gasteiger charge is -2.12. The minimum atomic E-state index is 0.403. The van der Waals surface area contributed by atoms with Crippen molar-refractivity contribution >= 4 is 22.9 Å². The summed E-state index contributed by atoms with van der Waals surface area (Å²) in [4.78, 5) is 1.32. The molecule has 0 bridgehead atoms. The maximum atomic E-state index is 5.87. The Bertz CT molecular complexity index is 329. The molecule has 1 aromatic rings. The van der Waals surface area contributed by atoms with Crippen molar-refractivity contribution in [1.29, 1.82) is 0 Å². The number of hydrogen-bond acceptors (Lipinski definition) is 1. The van der Waals surface area contributed by atoms with Gasteiger partial charge in [-0.15, -0.1) is 17.3 Å². The molecule has 2 unspecified atom stereocenters. The zero-order valence-electron chi connectivity index (χ0n) is 8.10. The molecule has 70 valence electrons. The first-order valence-corrected chi connectivity index (χ1v) is 5.52. The molecule has 0 amide bonds. The van der Waals surface area contributed by atoms with E-state index in [-0.39, 0.29) is 0 Å². The van der Waals surface area contributed by atoms with Gasteiger partial charge in [-0.1, -0.05) is 31.4 Å². The van der Waals surface area contributed by atoms with Crippen molar-refractivity contribution in [2.75, 3.05) is 0 Å². The summed E-state index contributed by atoms with van der Waals surface area (Å²) in [6, 6.07) is 4.04. The van der Waals surface area contributed by atoms with Gasteiger partial charge in [-0.2, -0.15) is 0 Å². The predicted octanol–water partition coefficient (Wildman–Crippen LogP) is 4.16. The van der Waals surface area contributed by atoms with E-state index in [0.717, 1.165) is 4.34 Å². The van der Waals surface area contributed by atoms with E-state index in [1.54, 1.807) is 11.3 Å². The van der Waals surface area contributed by atoms with E-state index in [4.69, 9.17) is 11.6 Å². The van der Waals surface area contributed by atoms with Gasteiger partial charge in [0.15, 0.2) is 0 Å². The Morgan fingerprint density at radius 3 is 2.54 bits per heavy atom. The van der Waals surface area contributed by atoms with E-state index in [9.17, 15) is 0 Å². The average Bonchev–Trinajstić information content (AvgIpc) is 2.51. The standard InChI is InChI=1S/C11H13ClS/c1-4-5-8(2)9(3)10-6-7-11(12)13-10/h6-9H,1-3H3. The number of hydrogen-bond donors (Lipinski definition) is 0. The fourth-order valence-corrected chi connectivity index (χ4v) is 2.39. The van der Waals surface area contributed by atoms with Crippen LogP contribution in [0.15, 0.2) is 12.1 Å². The van der Waals surface area contributed by atoms with Gasteiger partial charge in [-0.05, 0) is 19.1 Å². The summed E-state index contributed by atoms with van der Waals surface area (Å²) in [6.07, 6.45) is 0. The second-order valence-corrected chi connectivity index (χ2v) is 4.86. The van der Waals surface area contributed by atoms with Crippen LogP contribution >= 0.6 is 22.9 Å². The van der Waals surface area contributed by atoms with Crippen LogP contribution in [0.4, 0.5) is 0 Å². The summed E-state index contributed by atoms with van der Waals surface area (Å²) < 4.78 is 0.860. The summed E-state index contributed by atoms with van der Waals surface area (Å²) >= 11 is 7.52. The highest BCUT2D eigenvalue weighted by Gasteiger charge is 2.13. The highest BCUT2D eigenvalue weighted by Crippen LogP contribution is 2.32. The molecule has 0 fully saturated rings. The second kappa shape index (κ2) is 4.69. The molecule has 0 spiro atoms. The first-order chi connectivity index (χ1) is 6.15. The van der Waals surface area contributed by atoms with Gasteiger partial charge in [0, 0.05) is 16.7 Å². The summed E-state index contributed by atoms with van der Waals surface area (Å²) in [5, 5.41) is 0. The Morgan fingerprint density at radius 2 is 2.08 bits per heavy atom. The Balaban J connectivity index is 2.76. The molecule has 0 saturated heterocycles. The van der Waals surface area contributed by atoms with Crippen molar-refractivity contribution in [3.05, 3.63) is 21.3 Å². The van der Waals surface area contributed by atoms with E-state index in [0.29, 0.717) is 11.8 Å². The van der Waals surface area contributed by atoms with Crippen LogP contribution in [0.2, 0.25) is 4.34 Å². The fourth-order valence-electron chi connectivity index (χ4n) is 1.17. The van der Waals surface area contributed by atoms with E-state index in [1.165, 1.54) is 4.88 Å². The van der Waals surface area contributed by atoms with Gasteiger partial charge in [0.25, 0.3) is 0 Å². The zero-order chi connectivity index (χ0) is 9.84. The van der Waals surface area contributed by atoms with Gasteiger partial charge in [-0.3, -0.25) is 0 Å². The molecule has 2 atom stereocenters. The Labute approximate surface area is 88.9 Å². The normalized spacial score (nSPS) is 14.5. The molecular weight excluding hydrogens is 200 g/mol. The van der Waals surface area contributed by atoms with Crippen LogP contribution in [0.1, 0.15) is 31.6 Å². The van der Waals surface area contributed by atoms with Gasteiger partial charge in [0.2, 0.25) is 0 Å². The number of rotatable bonds is 2. The van der Waals surface area contributed by atoms with E-state index in [1.807, 2.05) is 13.0 Å². The van der Waals surface area contributed by atoms with E-state index in [2.05, 4.69) is 31.8 Å². The highest BCUT2D eigenvalue weighted by atomic mass is 35.5. The van der Waals surface area contributed by atoms with Crippen molar-refractivity contribution in [3.63, 3.8) is 0 Å². The Kier molecular flexibility index (Phi) is 3.84. The monoisotopic (exact) mass is 212 g/mol. The molecule has 0 radical (unpaired) electrons. The van der Waals surface area contributed by atoms with Crippen LogP contribution < -0.4 is 0 Å². The summed E-state index contributed by atoms with van der Waals surface area (Å²) in [7, 11) is 0. The van der Waals surface area contributed by atoms with E-state index >= 15 is 0 Å². The largest absolute Gasteiger partial charge is 0.128 e. The maximum Gasteiger partial charge on any atom is 0.0931 e. The lowest BCUT2D eigenvalue weighted by molar-refractivity contribution is 0.619. The lowest BCUT2D eigenvalue weighted by Crippen LogP contribution is -2.01. The third-order valence-corrected chi connectivity index (χ3v) is 3.60. The molecule has 1 heterocycles. The van der Waals surface area contributed by atoms with Gasteiger partial charge >= 0.3 is 0 Å². The van der Waals surface area contributed by atoms with E-state index < -0.39 is 0 Å². The number of thiophene rings is 1. The predicted molar refractivity (Wildman–Crippen MR) is 60.4 cm³/mol. The Hall–Kier alpha value is -0.450. The summed E-state index contributed by atoms with van der Waals surface area (Å²) in [5.74, 6) is 6.99. The molecule has 1 aromatic heterocycles. The minimum Gasteiger partial charge on any atom is -0.128 e. The quantitative estimate of drug-likeness (QED) is 0.646. The highest BCUT2D eigenvalue weighted by molar-refractivity contribution is 7.16. The van der Waals surface area contributed by atoms with Crippen molar-refractivity contribution in [1.82, 2.24) is 0 Å². The molecule has 0 aliphatic heterocycles. The molecule has 0 aromatic carbocycles. The molecule has 0 saturated carbocycles. The van der Waals surface area contributed by atoms with Crippen LogP contribution in [-0.2, 0) is 0 Å². The molecule has 0 N–H and O–H groups in total. The van der Waals surface area contributed by atoms with Crippen LogP contribution in [0.25, 0.3) is 0 Å². The van der Waals surface area contributed by atoms with Crippen molar-refractivity contribution < 1.29 is 0 Å². The third kappa shape index (κ3) is 2.76. The van der Waals surface area contributed by atoms with Gasteiger partial charge in [-0.25, -0.2) is 0 Å². The summed E-state index contributed by atoms with van der Waals surface area (Å²) in [5.41, 5.74) is 0. The van der Waals surface area contributed by atoms with Crippen molar-refractivity contribution in [2.24, 2.45) is 5.92 Å². The fraction of sp³-hybridized carbons (Fsp3) is 0.455. The van der Waals surface area contributed by atoms with Crippen LogP contribution in [0.5, 0.6) is 0 Å². The molecule has 0 nitrogen and oxygen atoms in total. The first kappa shape index (κ1) is 10.6. The third-order valence-electron chi connectivity index (χ3n) is 2.16. The SMILES string of the molecule is CC#CC(C)C(C)c1ccc(Cl)s1. The average molecular weight is 213 g/mol. The molecule has 2 heteroatoms. The first-order valence-electron chi connectivity index (χ1n) is 4.32. The molecule has 0 aliphatic carbocycles. The molecule has 1 rings (SSSR count). The lowest BCUT2D eigenvalue weighted by atomic mass is 9.95. The smallest absolute Gasteiger partial charge is 0.0931 e. The Morgan fingerprint density at radius 1 is 1.38 bits per heavy atom. The van der Waals surface area contributed by atoms with Crippen molar-refractivity contribution in [2.45, 2.75) is 26.7 Å². The topological polar surface area (TPSA) is 0 Å². The zero-order valence-corrected chi connectivity index (χ0v) is 9.67. The van der Waals surface area contributed by atoms with Crippen LogP contribution in [0, 0.1) is 17.8 Å². The second-order valence-electron chi connectivity index (χ2n) is 3.11. The molecular formula is C11H13ClS. The van der Waals surface area contributed by atoms with Gasteiger partial charge < -0.3 is 0 Å². The van der Waals surface area contributed by atoms with Crippen LogP contribution in [-0.4, -0.2) is 0 Å². The molecule has 13 heavy (non-hydrogen) atoms. The molecule has 0 aliphatic rings. The number of halogens is 1. The van der Waals surface area contributed by atoms with Crippen molar-refractivity contribution in [3.8, 4) is 11.8 Å². The maximum absolute atomic E-state index is 5.87. The van der Waals surface area contributed by atoms with Gasteiger partial charge in [0.1, 0.15) is 0 Å². The minimum absolute atomic E-state index is 0.403. The summed E-state index contributed by atoms with van der Waals surface area (Å²) in [6.45, 7) is 6.22.